The number of anilines is 1. The molecule has 146 valence electrons. The van der Waals surface area contributed by atoms with Crippen molar-refractivity contribution in [3.63, 3.8) is 0 Å². The maximum absolute atomic E-state index is 12.2. The average Bonchev–Trinajstić information content (AvgIpc) is 2.72. The van der Waals surface area contributed by atoms with Gasteiger partial charge in [0.05, 0.1) is 19.8 Å². The summed E-state index contributed by atoms with van der Waals surface area (Å²) >= 11 is 0. The van der Waals surface area contributed by atoms with Gasteiger partial charge in [-0.25, -0.2) is 9.59 Å². The van der Waals surface area contributed by atoms with E-state index in [0.717, 1.165) is 0 Å². The number of nitrogens with one attached hydrogen (secondary N) is 1. The minimum Gasteiger partial charge on any atom is -0.497 e. The Bertz CT molecular complexity index is 873. The third kappa shape index (κ3) is 5.98. The summed E-state index contributed by atoms with van der Waals surface area (Å²) in [7, 11) is 2.83. The van der Waals surface area contributed by atoms with E-state index >= 15 is 0 Å². The number of methoxy groups -OCH3 is 2. The van der Waals surface area contributed by atoms with E-state index in [0.29, 0.717) is 22.6 Å². The molecule has 7 heteroatoms. The number of carbonyl (C=O) groups is 3. The van der Waals surface area contributed by atoms with Crippen LogP contribution in [0.4, 0.5) is 5.69 Å². The number of rotatable bonds is 7. The van der Waals surface area contributed by atoms with Gasteiger partial charge in [0.25, 0.3) is 5.91 Å². The fourth-order valence-electron chi connectivity index (χ4n) is 2.22. The van der Waals surface area contributed by atoms with Crippen molar-refractivity contribution in [2.75, 3.05) is 19.5 Å². The SMILES string of the molecule is COC(=O)c1ccc(/C=C/C(=O)O[C@H](C)C(=O)Nc2cccc(OC)c2)cc1. The molecule has 0 aliphatic rings. The van der Waals surface area contributed by atoms with Crippen LogP contribution in [0.25, 0.3) is 6.08 Å². The Kier molecular flexibility index (Phi) is 7.33. The predicted octanol–water partition coefficient (Wildman–Crippen LogP) is 3.07. The molecular weight excluding hydrogens is 362 g/mol. The molecule has 1 amide bonds. The molecule has 0 heterocycles. The minimum atomic E-state index is -0.981. The largest absolute Gasteiger partial charge is 0.497 e. The van der Waals surface area contributed by atoms with E-state index in [-0.39, 0.29) is 0 Å². The highest BCUT2D eigenvalue weighted by Gasteiger charge is 2.16. The fourth-order valence-corrected chi connectivity index (χ4v) is 2.22. The van der Waals surface area contributed by atoms with Gasteiger partial charge < -0.3 is 19.5 Å². The first-order valence-corrected chi connectivity index (χ1v) is 8.45. The van der Waals surface area contributed by atoms with Crippen molar-refractivity contribution in [3.05, 3.63) is 65.7 Å². The zero-order chi connectivity index (χ0) is 20.5. The van der Waals surface area contributed by atoms with E-state index in [2.05, 4.69) is 10.1 Å². The minimum absolute atomic E-state index is 0.407. The van der Waals surface area contributed by atoms with Crippen LogP contribution in [0, 0.1) is 0 Å². The monoisotopic (exact) mass is 383 g/mol. The smallest absolute Gasteiger partial charge is 0.337 e. The molecule has 1 N–H and O–H groups in total. The molecule has 1 atom stereocenters. The van der Waals surface area contributed by atoms with Gasteiger partial charge in [0.2, 0.25) is 0 Å². The Balaban J connectivity index is 1.89. The first-order chi connectivity index (χ1) is 13.4. The van der Waals surface area contributed by atoms with E-state index in [9.17, 15) is 14.4 Å². The molecule has 0 aromatic heterocycles. The lowest BCUT2D eigenvalue weighted by Gasteiger charge is -2.13. The number of hydrogen-bond acceptors (Lipinski definition) is 6. The lowest BCUT2D eigenvalue weighted by atomic mass is 10.1. The van der Waals surface area contributed by atoms with Gasteiger partial charge in [-0.15, -0.1) is 0 Å². The second-order valence-corrected chi connectivity index (χ2v) is 5.75. The summed E-state index contributed by atoms with van der Waals surface area (Å²) in [5.41, 5.74) is 1.64. The maximum atomic E-state index is 12.2. The molecule has 2 rings (SSSR count). The van der Waals surface area contributed by atoms with E-state index in [4.69, 9.17) is 9.47 Å². The van der Waals surface area contributed by atoms with Crippen LogP contribution in [-0.4, -0.2) is 38.2 Å². The van der Waals surface area contributed by atoms with Crippen molar-refractivity contribution in [1.29, 1.82) is 0 Å². The van der Waals surface area contributed by atoms with Crippen LogP contribution in [0.3, 0.4) is 0 Å². The summed E-state index contributed by atoms with van der Waals surface area (Å²) in [6.07, 6.45) is 1.75. The predicted molar refractivity (Wildman–Crippen MR) is 104 cm³/mol. The summed E-state index contributed by atoms with van der Waals surface area (Å²) < 4.78 is 14.8. The van der Waals surface area contributed by atoms with Crippen molar-refractivity contribution in [1.82, 2.24) is 0 Å². The highest BCUT2D eigenvalue weighted by Crippen LogP contribution is 2.17. The highest BCUT2D eigenvalue weighted by molar-refractivity contribution is 5.96. The number of ether oxygens (including phenoxy) is 3. The third-order valence-electron chi connectivity index (χ3n) is 3.74. The molecule has 28 heavy (non-hydrogen) atoms. The van der Waals surface area contributed by atoms with Gasteiger partial charge >= 0.3 is 11.9 Å². The standard InChI is InChI=1S/C21H21NO6/c1-14(20(24)22-17-5-4-6-18(13-17)26-2)28-19(23)12-9-15-7-10-16(11-8-15)21(25)27-3/h4-14H,1-3H3,(H,22,24)/b12-9+/t14-/m1/s1. The molecule has 0 fully saturated rings. The molecule has 0 saturated heterocycles. The highest BCUT2D eigenvalue weighted by atomic mass is 16.5. The van der Waals surface area contributed by atoms with Gasteiger partial charge in [0.15, 0.2) is 6.10 Å². The number of hydrogen-bond donors (Lipinski definition) is 1. The molecule has 2 aromatic rings. The Morgan fingerprint density at radius 1 is 1.04 bits per heavy atom. The Labute approximate surface area is 162 Å². The van der Waals surface area contributed by atoms with Crippen LogP contribution < -0.4 is 10.1 Å². The molecular formula is C21H21NO6. The molecule has 0 unspecified atom stereocenters. The zero-order valence-corrected chi connectivity index (χ0v) is 15.8. The van der Waals surface area contributed by atoms with Crippen LogP contribution in [0.5, 0.6) is 5.75 Å². The molecule has 7 nitrogen and oxygen atoms in total. The number of esters is 2. The van der Waals surface area contributed by atoms with Crippen LogP contribution >= 0.6 is 0 Å². The number of amides is 1. The van der Waals surface area contributed by atoms with Gasteiger partial charge in [-0.1, -0.05) is 18.2 Å². The Hall–Kier alpha value is -3.61. The maximum Gasteiger partial charge on any atom is 0.337 e. The lowest BCUT2D eigenvalue weighted by Crippen LogP contribution is -2.29. The molecule has 0 spiro atoms. The summed E-state index contributed by atoms with van der Waals surface area (Å²) in [4.78, 5) is 35.5. The van der Waals surface area contributed by atoms with Crippen molar-refractivity contribution in [3.8, 4) is 5.75 Å². The molecule has 0 bridgehead atoms. The van der Waals surface area contributed by atoms with Gasteiger partial charge in [-0.3, -0.25) is 4.79 Å². The Morgan fingerprint density at radius 3 is 2.39 bits per heavy atom. The summed E-state index contributed by atoms with van der Waals surface area (Å²) in [5.74, 6) is -0.961. The average molecular weight is 383 g/mol. The number of benzene rings is 2. The van der Waals surface area contributed by atoms with Crippen LogP contribution in [0.15, 0.2) is 54.6 Å². The number of carbonyl (C=O) groups excluding carboxylic acids is 3. The second-order valence-electron chi connectivity index (χ2n) is 5.75. The normalized spacial score (nSPS) is 11.5. The molecule has 0 radical (unpaired) electrons. The topological polar surface area (TPSA) is 90.9 Å². The fraction of sp³-hybridized carbons (Fsp3) is 0.190. The zero-order valence-electron chi connectivity index (χ0n) is 15.8. The van der Waals surface area contributed by atoms with Crippen molar-refractivity contribution < 1.29 is 28.6 Å². The summed E-state index contributed by atoms with van der Waals surface area (Å²) in [6.45, 7) is 1.48. The third-order valence-corrected chi connectivity index (χ3v) is 3.74. The van der Waals surface area contributed by atoms with E-state index < -0.39 is 23.9 Å². The van der Waals surface area contributed by atoms with Crippen LogP contribution in [0.1, 0.15) is 22.8 Å². The van der Waals surface area contributed by atoms with Crippen molar-refractivity contribution >= 4 is 29.6 Å². The van der Waals surface area contributed by atoms with E-state index in [1.165, 1.54) is 33.3 Å². The lowest BCUT2D eigenvalue weighted by molar-refractivity contribution is -0.148. The summed E-state index contributed by atoms with van der Waals surface area (Å²) in [6, 6.07) is 13.3. The van der Waals surface area contributed by atoms with Gasteiger partial charge in [0.1, 0.15) is 5.75 Å². The molecule has 0 saturated carbocycles. The van der Waals surface area contributed by atoms with Crippen LogP contribution in [-0.2, 0) is 19.1 Å². The Morgan fingerprint density at radius 2 is 1.75 bits per heavy atom. The van der Waals surface area contributed by atoms with E-state index in [1.54, 1.807) is 48.5 Å². The van der Waals surface area contributed by atoms with Gasteiger partial charge in [-0.2, -0.15) is 0 Å². The quantitative estimate of drug-likeness (QED) is 0.584. The van der Waals surface area contributed by atoms with Crippen molar-refractivity contribution in [2.45, 2.75) is 13.0 Å². The summed E-state index contributed by atoms with van der Waals surface area (Å²) in [5, 5.41) is 2.65. The molecule has 0 aliphatic carbocycles. The van der Waals surface area contributed by atoms with E-state index in [1.807, 2.05) is 0 Å². The first kappa shape index (κ1) is 20.7. The van der Waals surface area contributed by atoms with Crippen molar-refractivity contribution in [2.24, 2.45) is 0 Å². The second kappa shape index (κ2) is 9.91. The van der Waals surface area contributed by atoms with Crippen LogP contribution in [0.2, 0.25) is 0 Å². The molecule has 0 aliphatic heterocycles. The van der Waals surface area contributed by atoms with Gasteiger partial charge in [0, 0.05) is 17.8 Å². The van der Waals surface area contributed by atoms with Gasteiger partial charge in [-0.05, 0) is 42.8 Å². The first-order valence-electron chi connectivity index (χ1n) is 8.45. The molecule has 2 aromatic carbocycles.